The van der Waals surface area contributed by atoms with Crippen molar-refractivity contribution in [3.8, 4) is 67.5 Å². The van der Waals surface area contributed by atoms with E-state index in [0.29, 0.717) is 17.5 Å². The summed E-state index contributed by atoms with van der Waals surface area (Å²) in [6, 6.07) is 74.5. The quantitative estimate of drug-likeness (QED) is 0.158. The molecule has 12 aromatic rings. The summed E-state index contributed by atoms with van der Waals surface area (Å²) in [7, 11) is 0. The molecule has 0 radical (unpaired) electrons. The van der Waals surface area contributed by atoms with Crippen molar-refractivity contribution in [1.82, 2.24) is 15.0 Å². The second-order valence-electron chi connectivity index (χ2n) is 15.5. The number of para-hydroxylation sites is 1. The van der Waals surface area contributed by atoms with Gasteiger partial charge in [0.1, 0.15) is 11.2 Å². The molecule has 0 saturated carbocycles. The average molecular weight is 778 g/mol. The van der Waals surface area contributed by atoms with Gasteiger partial charge in [0, 0.05) is 38.4 Å². The van der Waals surface area contributed by atoms with Crippen LogP contribution in [0.25, 0.3) is 122 Å². The van der Waals surface area contributed by atoms with E-state index in [1.807, 2.05) is 30.3 Å². The summed E-state index contributed by atoms with van der Waals surface area (Å²) < 4.78 is 7.05. The molecular formula is C57H35N3O. The van der Waals surface area contributed by atoms with Crippen molar-refractivity contribution in [2.45, 2.75) is 0 Å². The Hall–Kier alpha value is -8.21. The molecule has 12 rings (SSSR count). The standard InChI is InChI=1S/C57H35N3O/c1-4-17-36(18-5-1)40-31-41(37-19-6-2-7-20-37)33-42(32-40)56-58-55(38-21-8-3-9-22-38)59-57(60-56)52-35-51-49-30-16-29-48(53(49)61-54(51)47-28-15-14-27-46(47)52)50-34-39-23-10-11-24-43(39)44-25-12-13-26-45(44)50/h1-35H. The highest BCUT2D eigenvalue weighted by atomic mass is 16.3. The molecule has 0 N–H and O–H groups in total. The van der Waals surface area contributed by atoms with Crippen LogP contribution in [0.5, 0.6) is 0 Å². The lowest BCUT2D eigenvalue weighted by atomic mass is 9.92. The lowest BCUT2D eigenvalue weighted by Crippen LogP contribution is -2.01. The molecule has 0 aliphatic carbocycles. The van der Waals surface area contributed by atoms with E-state index in [4.69, 9.17) is 19.4 Å². The van der Waals surface area contributed by atoms with Crippen LogP contribution in [0, 0.1) is 0 Å². The van der Waals surface area contributed by atoms with Gasteiger partial charge in [-0.3, -0.25) is 0 Å². The number of benzene rings is 10. The van der Waals surface area contributed by atoms with Gasteiger partial charge in [-0.15, -0.1) is 0 Å². The van der Waals surface area contributed by atoms with Gasteiger partial charge in [0.2, 0.25) is 0 Å². The first-order valence-corrected chi connectivity index (χ1v) is 20.6. The van der Waals surface area contributed by atoms with E-state index in [9.17, 15) is 0 Å². The minimum atomic E-state index is 0.597. The van der Waals surface area contributed by atoms with Gasteiger partial charge in [0.15, 0.2) is 17.5 Å². The molecule has 2 aromatic heterocycles. The molecule has 4 heteroatoms. The number of furan rings is 1. The molecule has 0 bridgehead atoms. The fraction of sp³-hybridized carbons (Fsp3) is 0. The van der Waals surface area contributed by atoms with Crippen molar-refractivity contribution in [3.63, 3.8) is 0 Å². The molecule has 10 aromatic carbocycles. The van der Waals surface area contributed by atoms with Gasteiger partial charge >= 0.3 is 0 Å². The maximum atomic E-state index is 7.05. The summed E-state index contributed by atoms with van der Waals surface area (Å²) >= 11 is 0. The Balaban J connectivity index is 1.11. The SMILES string of the molecule is c1ccc(-c2cc(-c3ccccc3)cc(-c3nc(-c4ccccc4)nc(-c4cc5c6cccc(-c7cc8ccccc8c8ccccc78)c6oc5c5ccccc45)n3)c2)cc1. The zero-order valence-electron chi connectivity index (χ0n) is 33.0. The van der Waals surface area contributed by atoms with Gasteiger partial charge in [-0.1, -0.05) is 182 Å². The van der Waals surface area contributed by atoms with Gasteiger partial charge in [-0.25, -0.2) is 15.0 Å². The third kappa shape index (κ3) is 5.96. The monoisotopic (exact) mass is 777 g/mol. The van der Waals surface area contributed by atoms with Crippen molar-refractivity contribution in [3.05, 3.63) is 212 Å². The third-order valence-corrected chi connectivity index (χ3v) is 11.9. The van der Waals surface area contributed by atoms with Gasteiger partial charge in [0.05, 0.1) is 0 Å². The molecule has 0 amide bonds. The van der Waals surface area contributed by atoms with Crippen molar-refractivity contribution in [2.24, 2.45) is 0 Å². The Morgan fingerprint density at radius 3 is 1.39 bits per heavy atom. The fourth-order valence-electron chi connectivity index (χ4n) is 8.99. The summed E-state index contributed by atoms with van der Waals surface area (Å²) in [6.07, 6.45) is 0. The van der Waals surface area contributed by atoms with E-state index in [2.05, 4.69) is 182 Å². The molecule has 4 nitrogen and oxygen atoms in total. The van der Waals surface area contributed by atoms with Crippen LogP contribution in [0.2, 0.25) is 0 Å². The summed E-state index contributed by atoms with van der Waals surface area (Å²) in [4.78, 5) is 15.8. The summed E-state index contributed by atoms with van der Waals surface area (Å²) in [5.41, 5.74) is 11.1. The number of nitrogens with zero attached hydrogens (tertiary/aromatic N) is 3. The van der Waals surface area contributed by atoms with Crippen molar-refractivity contribution in [2.75, 3.05) is 0 Å². The number of rotatable bonds is 6. The van der Waals surface area contributed by atoms with E-state index < -0.39 is 0 Å². The van der Waals surface area contributed by atoms with Crippen LogP contribution in [0.4, 0.5) is 0 Å². The molecule has 0 spiro atoms. The van der Waals surface area contributed by atoms with Crippen LogP contribution >= 0.6 is 0 Å². The Labute approximate surface area is 352 Å². The lowest BCUT2D eigenvalue weighted by molar-refractivity contribution is 0.674. The van der Waals surface area contributed by atoms with Crippen LogP contribution in [0.3, 0.4) is 0 Å². The molecule has 0 aliphatic rings. The van der Waals surface area contributed by atoms with E-state index in [-0.39, 0.29) is 0 Å². The first-order chi connectivity index (χ1) is 30.2. The zero-order chi connectivity index (χ0) is 40.3. The average Bonchev–Trinajstić information content (AvgIpc) is 3.73. The highest BCUT2D eigenvalue weighted by molar-refractivity contribution is 6.22. The Bertz CT molecular complexity index is 3580. The largest absolute Gasteiger partial charge is 0.455 e. The van der Waals surface area contributed by atoms with Crippen LogP contribution in [-0.4, -0.2) is 15.0 Å². The highest BCUT2D eigenvalue weighted by Crippen LogP contribution is 2.44. The zero-order valence-corrected chi connectivity index (χ0v) is 33.0. The van der Waals surface area contributed by atoms with E-state index >= 15 is 0 Å². The number of fused-ring (bicyclic) bond motifs is 8. The molecule has 284 valence electrons. The van der Waals surface area contributed by atoms with Gasteiger partial charge < -0.3 is 4.42 Å². The van der Waals surface area contributed by atoms with Gasteiger partial charge in [-0.2, -0.15) is 0 Å². The predicted molar refractivity (Wildman–Crippen MR) is 252 cm³/mol. The third-order valence-electron chi connectivity index (χ3n) is 11.9. The van der Waals surface area contributed by atoms with Crippen LogP contribution in [0.15, 0.2) is 217 Å². The molecule has 61 heavy (non-hydrogen) atoms. The van der Waals surface area contributed by atoms with E-state index in [1.54, 1.807) is 0 Å². The first-order valence-electron chi connectivity index (χ1n) is 20.6. The Morgan fingerprint density at radius 1 is 0.246 bits per heavy atom. The number of hydrogen-bond acceptors (Lipinski definition) is 4. The molecular weight excluding hydrogens is 743 g/mol. The van der Waals surface area contributed by atoms with E-state index in [1.165, 1.54) is 21.5 Å². The smallest absolute Gasteiger partial charge is 0.164 e. The highest BCUT2D eigenvalue weighted by Gasteiger charge is 2.22. The summed E-state index contributed by atoms with van der Waals surface area (Å²) in [5.74, 6) is 1.81. The minimum absolute atomic E-state index is 0.597. The molecule has 2 heterocycles. The van der Waals surface area contributed by atoms with E-state index in [0.717, 1.165) is 82.8 Å². The first kappa shape index (κ1) is 34.8. The number of hydrogen-bond donors (Lipinski definition) is 0. The van der Waals surface area contributed by atoms with Crippen LogP contribution in [0.1, 0.15) is 0 Å². The van der Waals surface area contributed by atoms with Crippen molar-refractivity contribution in [1.29, 1.82) is 0 Å². The fourth-order valence-corrected chi connectivity index (χ4v) is 8.99. The minimum Gasteiger partial charge on any atom is -0.455 e. The Kier molecular flexibility index (Phi) is 8.13. The molecule has 0 aliphatic heterocycles. The van der Waals surface area contributed by atoms with Gasteiger partial charge in [-0.05, 0) is 85.1 Å². The lowest BCUT2D eigenvalue weighted by Gasteiger charge is -2.13. The molecule has 0 saturated heterocycles. The topological polar surface area (TPSA) is 51.8 Å². The summed E-state index contributed by atoms with van der Waals surface area (Å²) in [6.45, 7) is 0. The van der Waals surface area contributed by atoms with Gasteiger partial charge in [0.25, 0.3) is 0 Å². The number of aromatic nitrogens is 3. The molecule has 0 fully saturated rings. The second-order valence-corrected chi connectivity index (χ2v) is 15.5. The van der Waals surface area contributed by atoms with Crippen molar-refractivity contribution < 1.29 is 4.42 Å². The van der Waals surface area contributed by atoms with Crippen molar-refractivity contribution >= 4 is 54.3 Å². The predicted octanol–water partition coefficient (Wildman–Crippen LogP) is 15.2. The van der Waals surface area contributed by atoms with Crippen LogP contribution in [-0.2, 0) is 0 Å². The summed E-state index contributed by atoms with van der Waals surface area (Å²) in [5, 5.41) is 8.91. The Morgan fingerprint density at radius 2 is 0.721 bits per heavy atom. The maximum absolute atomic E-state index is 7.05. The maximum Gasteiger partial charge on any atom is 0.164 e. The van der Waals surface area contributed by atoms with Crippen LogP contribution < -0.4 is 0 Å². The normalized spacial score (nSPS) is 11.6. The molecule has 0 unspecified atom stereocenters. The second kappa shape index (κ2) is 14.3. The molecule has 0 atom stereocenters.